The molecular formula is C21H23N3O3. The van der Waals surface area contributed by atoms with Crippen LogP contribution >= 0.6 is 0 Å². The second kappa shape index (κ2) is 7.02. The SMILES string of the molecule is Cc1nccc(-c2ccccc2)c1C(=O)N1CCC[C@@]2(CC1)CNC(=O)O2. The predicted molar refractivity (Wildman–Crippen MR) is 101 cm³/mol. The second-order valence-electron chi connectivity index (χ2n) is 7.26. The van der Waals surface area contributed by atoms with Crippen molar-refractivity contribution in [3.63, 3.8) is 0 Å². The molecule has 2 amide bonds. The average molecular weight is 365 g/mol. The fourth-order valence-corrected chi connectivity index (χ4v) is 4.00. The molecule has 2 saturated heterocycles. The summed E-state index contributed by atoms with van der Waals surface area (Å²) in [5, 5.41) is 2.75. The summed E-state index contributed by atoms with van der Waals surface area (Å²) in [4.78, 5) is 31.1. The van der Waals surface area contributed by atoms with Gasteiger partial charge in [-0.05, 0) is 37.0 Å². The molecule has 1 aromatic carbocycles. The molecule has 2 aliphatic heterocycles. The smallest absolute Gasteiger partial charge is 0.407 e. The van der Waals surface area contributed by atoms with Crippen LogP contribution in [0.3, 0.4) is 0 Å². The van der Waals surface area contributed by atoms with E-state index >= 15 is 0 Å². The lowest BCUT2D eigenvalue weighted by molar-refractivity contribution is 0.0439. The van der Waals surface area contributed by atoms with Gasteiger partial charge in [-0.2, -0.15) is 0 Å². The Labute approximate surface area is 158 Å². The number of rotatable bonds is 2. The van der Waals surface area contributed by atoms with Crippen molar-refractivity contribution in [1.29, 1.82) is 0 Å². The van der Waals surface area contributed by atoms with Crippen LogP contribution in [-0.4, -0.2) is 47.1 Å². The van der Waals surface area contributed by atoms with E-state index in [1.54, 1.807) is 6.20 Å². The molecule has 0 radical (unpaired) electrons. The van der Waals surface area contributed by atoms with Crippen molar-refractivity contribution >= 4 is 12.0 Å². The molecular weight excluding hydrogens is 342 g/mol. The summed E-state index contributed by atoms with van der Waals surface area (Å²) in [5.74, 6) is -0.00575. The van der Waals surface area contributed by atoms with Gasteiger partial charge >= 0.3 is 6.09 Å². The van der Waals surface area contributed by atoms with Crippen LogP contribution in [0.2, 0.25) is 0 Å². The molecule has 6 nitrogen and oxygen atoms in total. The van der Waals surface area contributed by atoms with Gasteiger partial charge in [0.2, 0.25) is 0 Å². The Balaban J connectivity index is 1.61. The molecule has 1 spiro atoms. The van der Waals surface area contributed by atoms with Crippen molar-refractivity contribution in [2.24, 2.45) is 0 Å². The number of nitrogens with zero attached hydrogens (tertiary/aromatic N) is 2. The lowest BCUT2D eigenvalue weighted by Crippen LogP contribution is -2.37. The van der Waals surface area contributed by atoms with E-state index in [1.165, 1.54) is 0 Å². The number of hydrogen-bond acceptors (Lipinski definition) is 4. The highest BCUT2D eigenvalue weighted by Crippen LogP contribution is 2.31. The molecule has 140 valence electrons. The fourth-order valence-electron chi connectivity index (χ4n) is 4.00. The first-order valence-corrected chi connectivity index (χ1v) is 9.35. The summed E-state index contributed by atoms with van der Waals surface area (Å²) in [5.41, 5.74) is 2.82. The van der Waals surface area contributed by atoms with Crippen molar-refractivity contribution in [3.8, 4) is 11.1 Å². The van der Waals surface area contributed by atoms with Crippen LogP contribution < -0.4 is 5.32 Å². The van der Waals surface area contributed by atoms with Crippen molar-refractivity contribution < 1.29 is 14.3 Å². The Morgan fingerprint density at radius 1 is 1.19 bits per heavy atom. The highest BCUT2D eigenvalue weighted by Gasteiger charge is 2.42. The number of pyridine rings is 1. The van der Waals surface area contributed by atoms with Crippen LogP contribution in [0, 0.1) is 6.92 Å². The lowest BCUT2D eigenvalue weighted by Gasteiger charge is -2.25. The number of benzene rings is 1. The molecule has 0 aliphatic carbocycles. The molecule has 1 N–H and O–H groups in total. The summed E-state index contributed by atoms with van der Waals surface area (Å²) in [6.07, 6.45) is 3.62. The van der Waals surface area contributed by atoms with E-state index in [9.17, 15) is 9.59 Å². The lowest BCUT2D eigenvalue weighted by atomic mass is 9.95. The van der Waals surface area contributed by atoms with Gasteiger partial charge in [0, 0.05) is 25.7 Å². The van der Waals surface area contributed by atoms with E-state index in [0.717, 1.165) is 29.7 Å². The van der Waals surface area contributed by atoms with Crippen molar-refractivity contribution in [3.05, 3.63) is 53.9 Å². The van der Waals surface area contributed by atoms with Crippen LogP contribution in [0.1, 0.15) is 35.3 Å². The van der Waals surface area contributed by atoms with E-state index < -0.39 is 5.60 Å². The molecule has 4 rings (SSSR count). The van der Waals surface area contributed by atoms with Gasteiger partial charge < -0.3 is 15.0 Å². The zero-order valence-corrected chi connectivity index (χ0v) is 15.4. The van der Waals surface area contributed by atoms with Gasteiger partial charge in [-0.3, -0.25) is 9.78 Å². The molecule has 2 aliphatic rings. The highest BCUT2D eigenvalue weighted by atomic mass is 16.6. The number of aryl methyl sites for hydroxylation is 1. The minimum absolute atomic E-state index is 0.00575. The summed E-state index contributed by atoms with van der Waals surface area (Å²) in [6, 6.07) is 11.8. The number of carbonyl (C=O) groups is 2. The minimum atomic E-state index is -0.474. The Kier molecular flexibility index (Phi) is 4.56. The Morgan fingerprint density at radius 3 is 2.74 bits per heavy atom. The molecule has 27 heavy (non-hydrogen) atoms. The van der Waals surface area contributed by atoms with Gasteiger partial charge in [-0.1, -0.05) is 30.3 Å². The van der Waals surface area contributed by atoms with Crippen molar-refractivity contribution in [1.82, 2.24) is 15.2 Å². The topological polar surface area (TPSA) is 71.5 Å². The Hall–Kier alpha value is -2.89. The zero-order chi connectivity index (χ0) is 18.9. The number of aromatic nitrogens is 1. The standard InChI is InChI=1S/C21H23N3O3/c1-15-18(17(8-11-22-15)16-6-3-2-4-7-16)19(25)24-12-5-9-21(10-13-24)14-23-20(26)27-21/h2-4,6-8,11H,5,9-10,12-14H2,1H3,(H,23,26)/t21-/m1/s1. The third-order valence-electron chi connectivity index (χ3n) is 5.49. The molecule has 0 bridgehead atoms. The number of alkyl carbamates (subject to hydrolysis) is 1. The van der Waals surface area contributed by atoms with Gasteiger partial charge in [-0.25, -0.2) is 4.79 Å². The fraction of sp³-hybridized carbons (Fsp3) is 0.381. The van der Waals surface area contributed by atoms with Gasteiger partial charge in [0.25, 0.3) is 5.91 Å². The van der Waals surface area contributed by atoms with E-state index in [-0.39, 0.29) is 12.0 Å². The van der Waals surface area contributed by atoms with Crippen LogP contribution in [0.4, 0.5) is 4.79 Å². The maximum atomic E-state index is 13.4. The minimum Gasteiger partial charge on any atom is -0.441 e. The normalized spacial score (nSPS) is 22.3. The highest BCUT2D eigenvalue weighted by molar-refractivity contribution is 6.01. The van der Waals surface area contributed by atoms with Gasteiger partial charge in [0.1, 0.15) is 5.60 Å². The molecule has 0 unspecified atom stereocenters. The van der Waals surface area contributed by atoms with Gasteiger partial charge in [0.05, 0.1) is 17.8 Å². The molecule has 6 heteroatoms. The number of hydrogen-bond donors (Lipinski definition) is 1. The number of nitrogens with one attached hydrogen (secondary N) is 1. The zero-order valence-electron chi connectivity index (χ0n) is 15.4. The molecule has 3 heterocycles. The summed E-state index contributed by atoms with van der Waals surface area (Å²) in [7, 11) is 0. The van der Waals surface area contributed by atoms with E-state index in [4.69, 9.17) is 4.74 Å². The second-order valence-corrected chi connectivity index (χ2v) is 7.26. The van der Waals surface area contributed by atoms with Crippen LogP contribution in [-0.2, 0) is 4.74 Å². The molecule has 0 saturated carbocycles. The van der Waals surface area contributed by atoms with E-state index in [1.807, 2.05) is 48.2 Å². The van der Waals surface area contributed by atoms with E-state index in [0.29, 0.717) is 31.6 Å². The average Bonchev–Trinajstić information content (AvgIpc) is 2.92. The number of likely N-dealkylation sites (tertiary alicyclic amines) is 1. The molecule has 1 atom stereocenters. The molecule has 2 fully saturated rings. The van der Waals surface area contributed by atoms with Crippen molar-refractivity contribution in [2.75, 3.05) is 19.6 Å². The van der Waals surface area contributed by atoms with Crippen LogP contribution in [0.25, 0.3) is 11.1 Å². The Morgan fingerprint density at radius 2 is 2.00 bits per heavy atom. The maximum absolute atomic E-state index is 13.4. The third-order valence-corrected chi connectivity index (χ3v) is 5.49. The first-order chi connectivity index (χ1) is 13.1. The maximum Gasteiger partial charge on any atom is 0.407 e. The summed E-state index contributed by atoms with van der Waals surface area (Å²) in [6.45, 7) is 3.62. The first kappa shape index (κ1) is 17.5. The number of ether oxygens (including phenoxy) is 1. The van der Waals surface area contributed by atoms with Crippen LogP contribution in [0.5, 0.6) is 0 Å². The summed E-state index contributed by atoms with van der Waals surface area (Å²) < 4.78 is 5.52. The summed E-state index contributed by atoms with van der Waals surface area (Å²) >= 11 is 0. The number of carbonyl (C=O) groups excluding carboxylic acids is 2. The van der Waals surface area contributed by atoms with Crippen LogP contribution in [0.15, 0.2) is 42.6 Å². The molecule has 1 aromatic heterocycles. The Bertz CT molecular complexity index is 868. The van der Waals surface area contributed by atoms with Gasteiger partial charge in [-0.15, -0.1) is 0 Å². The predicted octanol–water partition coefficient (Wildman–Crippen LogP) is 3.16. The van der Waals surface area contributed by atoms with Crippen molar-refractivity contribution in [2.45, 2.75) is 31.8 Å². The monoisotopic (exact) mass is 365 g/mol. The number of amides is 2. The largest absolute Gasteiger partial charge is 0.441 e. The van der Waals surface area contributed by atoms with Gasteiger partial charge in [0.15, 0.2) is 0 Å². The third kappa shape index (κ3) is 3.39. The first-order valence-electron chi connectivity index (χ1n) is 9.35. The molecule has 2 aromatic rings. The quantitative estimate of drug-likeness (QED) is 0.887. The van der Waals surface area contributed by atoms with E-state index in [2.05, 4.69) is 10.3 Å².